The van der Waals surface area contributed by atoms with Gasteiger partial charge in [-0.25, -0.2) is 4.98 Å². The normalized spacial score (nSPS) is 10.1. The van der Waals surface area contributed by atoms with Crippen LogP contribution in [0, 0.1) is 0 Å². The highest BCUT2D eigenvalue weighted by Gasteiger charge is 2.17. The smallest absolute Gasteiger partial charge is 0.237 e. The predicted octanol–water partition coefficient (Wildman–Crippen LogP) is -0.271. The van der Waals surface area contributed by atoms with E-state index in [1.807, 2.05) is 6.92 Å². The second-order valence-corrected chi connectivity index (χ2v) is 4.49. The quantitative estimate of drug-likeness (QED) is 0.606. The predicted molar refractivity (Wildman–Crippen MR) is 76.4 cm³/mol. The molecule has 9 heteroatoms. The minimum absolute atomic E-state index is 0.203. The van der Waals surface area contributed by atoms with Crippen LogP contribution in [0.4, 0.5) is 11.8 Å². The molecule has 8 nitrogen and oxygen atoms in total. The lowest BCUT2D eigenvalue weighted by atomic mass is 10.4. The first-order valence-electron chi connectivity index (χ1n) is 6.02. The van der Waals surface area contributed by atoms with Crippen LogP contribution in [0.5, 0.6) is 0 Å². The van der Waals surface area contributed by atoms with Gasteiger partial charge in [0.05, 0.1) is 19.3 Å². The Kier molecular flexibility index (Phi) is 5.98. The summed E-state index contributed by atoms with van der Waals surface area (Å²) in [6, 6.07) is 0. The van der Waals surface area contributed by atoms with Gasteiger partial charge in [0.1, 0.15) is 5.02 Å². The Balaban J connectivity index is 3.03. The number of hydrogen-bond acceptors (Lipinski definition) is 6. The van der Waals surface area contributed by atoms with Crippen molar-refractivity contribution in [3.8, 4) is 0 Å². The molecule has 0 saturated carbocycles. The first-order valence-corrected chi connectivity index (χ1v) is 6.39. The van der Waals surface area contributed by atoms with E-state index < -0.39 is 11.8 Å². The standard InChI is InChI=1S/C11H17ClN6O2/c1-2-3-15-11-16-4-7(12)10(17-11)18(5-8(13)19)6-9(14)20/h4H,2-3,5-6H2,1H3,(H2,13,19)(H2,14,20)(H,15,16,17). The summed E-state index contributed by atoms with van der Waals surface area (Å²) in [5.41, 5.74) is 10.3. The number of carbonyl (C=O) groups is 2. The van der Waals surface area contributed by atoms with Gasteiger partial charge < -0.3 is 21.7 Å². The number of halogens is 1. The minimum Gasteiger partial charge on any atom is -0.368 e. The third-order valence-corrected chi connectivity index (χ3v) is 2.52. The van der Waals surface area contributed by atoms with Crippen LogP contribution in [0.1, 0.15) is 13.3 Å². The van der Waals surface area contributed by atoms with E-state index in [1.165, 1.54) is 11.1 Å². The molecule has 0 bridgehead atoms. The maximum atomic E-state index is 11.1. The highest BCUT2D eigenvalue weighted by Crippen LogP contribution is 2.23. The number of rotatable bonds is 8. The molecule has 1 heterocycles. The van der Waals surface area contributed by atoms with E-state index in [2.05, 4.69) is 15.3 Å². The average Bonchev–Trinajstić information content (AvgIpc) is 2.36. The summed E-state index contributed by atoms with van der Waals surface area (Å²) >= 11 is 5.99. The van der Waals surface area contributed by atoms with Gasteiger partial charge in [0.2, 0.25) is 17.8 Å². The molecule has 0 aliphatic rings. The van der Waals surface area contributed by atoms with Gasteiger partial charge in [0.25, 0.3) is 0 Å². The average molecular weight is 301 g/mol. The van der Waals surface area contributed by atoms with Crippen molar-refractivity contribution in [2.75, 3.05) is 29.9 Å². The Morgan fingerprint density at radius 2 is 1.95 bits per heavy atom. The monoisotopic (exact) mass is 300 g/mol. The molecule has 0 saturated heterocycles. The van der Waals surface area contributed by atoms with Crippen molar-refractivity contribution < 1.29 is 9.59 Å². The summed E-state index contributed by atoms with van der Waals surface area (Å²) in [5, 5.41) is 3.19. The molecule has 0 aliphatic carbocycles. The van der Waals surface area contributed by atoms with Gasteiger partial charge in [-0.3, -0.25) is 9.59 Å². The zero-order valence-corrected chi connectivity index (χ0v) is 11.9. The van der Waals surface area contributed by atoms with Crippen molar-refractivity contribution in [3.05, 3.63) is 11.2 Å². The molecule has 0 radical (unpaired) electrons. The molecule has 1 rings (SSSR count). The topological polar surface area (TPSA) is 127 Å². The zero-order valence-electron chi connectivity index (χ0n) is 11.1. The molecular formula is C11H17ClN6O2. The lowest BCUT2D eigenvalue weighted by molar-refractivity contribution is -0.117. The maximum Gasteiger partial charge on any atom is 0.237 e. The number of hydrogen-bond donors (Lipinski definition) is 3. The lowest BCUT2D eigenvalue weighted by Gasteiger charge is -2.21. The minimum atomic E-state index is -0.621. The number of aromatic nitrogens is 2. The van der Waals surface area contributed by atoms with Gasteiger partial charge in [0, 0.05) is 6.54 Å². The first kappa shape index (κ1) is 16.0. The Labute approximate surface area is 121 Å². The largest absolute Gasteiger partial charge is 0.368 e. The fourth-order valence-electron chi connectivity index (χ4n) is 1.48. The number of nitrogens with one attached hydrogen (secondary N) is 1. The number of primary amides is 2. The number of nitrogens with zero attached hydrogens (tertiary/aromatic N) is 3. The van der Waals surface area contributed by atoms with Crippen molar-refractivity contribution in [2.24, 2.45) is 11.5 Å². The SMILES string of the molecule is CCCNc1ncc(Cl)c(N(CC(N)=O)CC(N)=O)n1. The van der Waals surface area contributed by atoms with Crippen LogP contribution in [0.3, 0.4) is 0 Å². The Hall–Kier alpha value is -2.09. The van der Waals surface area contributed by atoms with Crippen molar-refractivity contribution >= 4 is 35.2 Å². The molecule has 0 aromatic carbocycles. The number of anilines is 2. The molecule has 1 aromatic rings. The fraction of sp³-hybridized carbons (Fsp3) is 0.455. The van der Waals surface area contributed by atoms with Crippen LogP contribution in [-0.4, -0.2) is 41.4 Å². The van der Waals surface area contributed by atoms with Gasteiger partial charge in [-0.2, -0.15) is 4.98 Å². The molecule has 0 fully saturated rings. The molecule has 5 N–H and O–H groups in total. The van der Waals surface area contributed by atoms with Gasteiger partial charge in [-0.05, 0) is 6.42 Å². The second-order valence-electron chi connectivity index (χ2n) is 4.08. The van der Waals surface area contributed by atoms with Crippen LogP contribution < -0.4 is 21.7 Å². The lowest BCUT2D eigenvalue weighted by Crippen LogP contribution is -2.40. The highest BCUT2D eigenvalue weighted by molar-refractivity contribution is 6.33. The molecule has 2 amide bonds. The molecule has 0 spiro atoms. The summed E-state index contributed by atoms with van der Waals surface area (Å²) in [6.07, 6.45) is 2.28. The van der Waals surface area contributed by atoms with E-state index in [4.69, 9.17) is 23.1 Å². The first-order chi connectivity index (χ1) is 9.43. The molecular weight excluding hydrogens is 284 g/mol. The number of amides is 2. The molecule has 110 valence electrons. The van der Waals surface area contributed by atoms with E-state index in [9.17, 15) is 9.59 Å². The van der Waals surface area contributed by atoms with Gasteiger partial charge in [-0.1, -0.05) is 18.5 Å². The van der Waals surface area contributed by atoms with Crippen molar-refractivity contribution in [3.63, 3.8) is 0 Å². The van der Waals surface area contributed by atoms with E-state index in [1.54, 1.807) is 0 Å². The van der Waals surface area contributed by atoms with Crippen LogP contribution in [0.2, 0.25) is 5.02 Å². The van der Waals surface area contributed by atoms with Crippen LogP contribution in [-0.2, 0) is 9.59 Å². The van der Waals surface area contributed by atoms with E-state index in [0.29, 0.717) is 12.5 Å². The van der Waals surface area contributed by atoms with Crippen LogP contribution >= 0.6 is 11.6 Å². The highest BCUT2D eigenvalue weighted by atomic mass is 35.5. The summed E-state index contributed by atoms with van der Waals surface area (Å²) in [5.74, 6) is -0.656. The van der Waals surface area contributed by atoms with E-state index in [-0.39, 0.29) is 23.9 Å². The van der Waals surface area contributed by atoms with Gasteiger partial charge in [0.15, 0.2) is 5.82 Å². The molecule has 1 aromatic heterocycles. The summed E-state index contributed by atoms with van der Waals surface area (Å²) in [7, 11) is 0. The Bertz CT molecular complexity index is 480. The number of nitrogens with two attached hydrogens (primary N) is 2. The Morgan fingerprint density at radius 3 is 2.45 bits per heavy atom. The van der Waals surface area contributed by atoms with Crippen LogP contribution in [0.25, 0.3) is 0 Å². The third kappa shape index (κ3) is 4.88. The second kappa shape index (κ2) is 7.49. The van der Waals surface area contributed by atoms with Gasteiger partial charge >= 0.3 is 0 Å². The molecule has 0 aliphatic heterocycles. The molecule has 0 atom stereocenters. The molecule has 0 unspecified atom stereocenters. The van der Waals surface area contributed by atoms with E-state index in [0.717, 1.165) is 6.42 Å². The third-order valence-electron chi connectivity index (χ3n) is 2.25. The summed E-state index contributed by atoms with van der Waals surface area (Å²) < 4.78 is 0. The maximum absolute atomic E-state index is 11.1. The summed E-state index contributed by atoms with van der Waals surface area (Å²) in [6.45, 7) is 2.25. The van der Waals surface area contributed by atoms with Crippen LogP contribution in [0.15, 0.2) is 6.20 Å². The van der Waals surface area contributed by atoms with Crippen molar-refractivity contribution in [1.29, 1.82) is 0 Å². The molecule has 20 heavy (non-hydrogen) atoms. The Morgan fingerprint density at radius 1 is 1.35 bits per heavy atom. The van der Waals surface area contributed by atoms with Gasteiger partial charge in [-0.15, -0.1) is 0 Å². The van der Waals surface area contributed by atoms with Crippen molar-refractivity contribution in [2.45, 2.75) is 13.3 Å². The van der Waals surface area contributed by atoms with E-state index >= 15 is 0 Å². The van der Waals surface area contributed by atoms with Crippen molar-refractivity contribution in [1.82, 2.24) is 9.97 Å². The summed E-state index contributed by atoms with van der Waals surface area (Å²) in [4.78, 5) is 31.6. The zero-order chi connectivity index (χ0) is 15.1. The number of carbonyl (C=O) groups excluding carboxylic acids is 2. The fourth-order valence-corrected chi connectivity index (χ4v) is 1.69.